The van der Waals surface area contributed by atoms with E-state index < -0.39 is 5.82 Å². The molecule has 1 heterocycles. The van der Waals surface area contributed by atoms with Crippen molar-refractivity contribution in [3.63, 3.8) is 0 Å². The number of carbonyl (C=O) groups is 1. The van der Waals surface area contributed by atoms with E-state index in [0.29, 0.717) is 17.5 Å². The molecule has 1 aromatic heterocycles. The summed E-state index contributed by atoms with van der Waals surface area (Å²) in [5, 5.41) is 11.8. The Hall–Kier alpha value is -2.93. The molecule has 0 saturated carbocycles. The lowest BCUT2D eigenvalue weighted by Crippen LogP contribution is -2.15. The number of halogens is 1. The van der Waals surface area contributed by atoms with Crippen LogP contribution in [0.25, 0.3) is 11.4 Å². The molecule has 0 aliphatic rings. The molecule has 2 aromatic carbocycles. The summed E-state index contributed by atoms with van der Waals surface area (Å²) >= 11 is 1.25. The third-order valence-electron chi connectivity index (χ3n) is 4.52. The Labute approximate surface area is 180 Å². The molecular formula is C23H25FN4OS. The molecule has 0 radical (unpaired) electrons. The zero-order chi connectivity index (χ0) is 21.7. The average Bonchev–Trinajstić information content (AvgIpc) is 3.10. The van der Waals surface area contributed by atoms with Crippen LogP contribution in [0.4, 0.5) is 10.1 Å². The van der Waals surface area contributed by atoms with Gasteiger partial charge >= 0.3 is 0 Å². The molecule has 0 aliphatic heterocycles. The van der Waals surface area contributed by atoms with Gasteiger partial charge in [-0.1, -0.05) is 75.0 Å². The van der Waals surface area contributed by atoms with Crippen LogP contribution in [0.2, 0.25) is 0 Å². The van der Waals surface area contributed by atoms with Crippen LogP contribution in [-0.2, 0) is 16.8 Å². The predicted molar refractivity (Wildman–Crippen MR) is 120 cm³/mol. The van der Waals surface area contributed by atoms with Crippen LogP contribution in [-0.4, -0.2) is 26.4 Å². The van der Waals surface area contributed by atoms with E-state index in [1.807, 2.05) is 16.7 Å². The number of rotatable bonds is 7. The van der Waals surface area contributed by atoms with Gasteiger partial charge in [0.25, 0.3) is 0 Å². The third kappa shape index (κ3) is 5.16. The molecule has 3 rings (SSSR count). The lowest BCUT2D eigenvalue weighted by Gasteiger charge is -2.19. The Morgan fingerprint density at radius 2 is 1.87 bits per heavy atom. The van der Waals surface area contributed by atoms with Gasteiger partial charge in [0.1, 0.15) is 5.82 Å². The molecule has 0 unspecified atom stereocenters. The van der Waals surface area contributed by atoms with Gasteiger partial charge in [0.2, 0.25) is 5.91 Å². The van der Waals surface area contributed by atoms with E-state index in [1.165, 1.54) is 29.5 Å². The first-order chi connectivity index (χ1) is 14.3. The van der Waals surface area contributed by atoms with Crippen molar-refractivity contribution < 1.29 is 9.18 Å². The first-order valence-corrected chi connectivity index (χ1v) is 10.6. The maximum Gasteiger partial charge on any atom is 0.234 e. The second kappa shape index (κ2) is 9.26. The lowest BCUT2D eigenvalue weighted by atomic mass is 9.87. The number of aromatic nitrogens is 3. The minimum atomic E-state index is -0.466. The predicted octanol–water partition coefficient (Wildman–Crippen LogP) is 5.30. The van der Waals surface area contributed by atoms with Gasteiger partial charge in [0, 0.05) is 12.1 Å². The summed E-state index contributed by atoms with van der Waals surface area (Å²) in [5.41, 5.74) is 2.41. The smallest absolute Gasteiger partial charge is 0.234 e. The number of nitrogens with zero attached hydrogens (tertiary/aromatic N) is 3. The largest absolute Gasteiger partial charge is 0.323 e. The quantitative estimate of drug-likeness (QED) is 0.413. The molecule has 0 atom stereocenters. The Morgan fingerprint density at radius 3 is 2.50 bits per heavy atom. The normalized spacial score (nSPS) is 11.3. The first-order valence-electron chi connectivity index (χ1n) is 9.62. The molecule has 0 aliphatic carbocycles. The highest BCUT2D eigenvalue weighted by atomic mass is 32.2. The highest BCUT2D eigenvalue weighted by Gasteiger charge is 2.17. The van der Waals surface area contributed by atoms with Crippen LogP contribution in [0.5, 0.6) is 0 Å². The van der Waals surface area contributed by atoms with E-state index in [0.717, 1.165) is 5.56 Å². The van der Waals surface area contributed by atoms with Crippen molar-refractivity contribution in [2.24, 2.45) is 0 Å². The van der Waals surface area contributed by atoms with Crippen molar-refractivity contribution >= 4 is 23.4 Å². The van der Waals surface area contributed by atoms with E-state index in [9.17, 15) is 9.18 Å². The molecule has 1 amide bonds. The van der Waals surface area contributed by atoms with Crippen molar-refractivity contribution in [2.45, 2.75) is 37.9 Å². The van der Waals surface area contributed by atoms with E-state index in [4.69, 9.17) is 0 Å². The van der Waals surface area contributed by atoms with Crippen LogP contribution in [0.15, 0.2) is 66.3 Å². The average molecular weight is 425 g/mol. The Bertz CT molecular complexity index is 1040. The Morgan fingerprint density at radius 1 is 1.17 bits per heavy atom. The summed E-state index contributed by atoms with van der Waals surface area (Å²) in [7, 11) is 0. The third-order valence-corrected chi connectivity index (χ3v) is 5.48. The Kier molecular flexibility index (Phi) is 6.72. The highest BCUT2D eigenvalue weighted by Crippen LogP contribution is 2.28. The van der Waals surface area contributed by atoms with Crippen LogP contribution in [0, 0.1) is 5.82 Å². The van der Waals surface area contributed by atoms with Gasteiger partial charge in [-0.25, -0.2) is 4.39 Å². The molecule has 156 valence electrons. The number of hydrogen-bond donors (Lipinski definition) is 1. The van der Waals surface area contributed by atoms with Crippen molar-refractivity contribution in [1.29, 1.82) is 0 Å². The fourth-order valence-electron chi connectivity index (χ4n) is 2.90. The molecule has 0 spiro atoms. The van der Waals surface area contributed by atoms with E-state index >= 15 is 0 Å². The fourth-order valence-corrected chi connectivity index (χ4v) is 3.65. The zero-order valence-electron chi connectivity index (χ0n) is 17.4. The SMILES string of the molecule is C=CCn1c(SCC(=O)Nc2ccccc2F)nnc1-c1ccc(C(C)(C)C)cc1. The molecular weight excluding hydrogens is 399 g/mol. The summed E-state index contributed by atoms with van der Waals surface area (Å²) in [6.45, 7) is 10.8. The van der Waals surface area contributed by atoms with E-state index in [-0.39, 0.29) is 22.8 Å². The summed E-state index contributed by atoms with van der Waals surface area (Å²) in [6.07, 6.45) is 1.76. The van der Waals surface area contributed by atoms with Gasteiger partial charge in [-0.2, -0.15) is 0 Å². The van der Waals surface area contributed by atoms with Crippen molar-refractivity contribution in [2.75, 3.05) is 11.1 Å². The topological polar surface area (TPSA) is 59.8 Å². The summed E-state index contributed by atoms with van der Waals surface area (Å²) in [6, 6.07) is 14.3. The van der Waals surface area contributed by atoms with Gasteiger partial charge in [0.05, 0.1) is 11.4 Å². The van der Waals surface area contributed by atoms with Gasteiger partial charge in [-0.15, -0.1) is 16.8 Å². The second-order valence-corrected chi connectivity index (χ2v) is 8.79. The number of thioether (sulfide) groups is 1. The van der Waals surface area contributed by atoms with Crippen LogP contribution < -0.4 is 5.32 Å². The minimum absolute atomic E-state index is 0.0694. The van der Waals surface area contributed by atoms with E-state index in [2.05, 4.69) is 55.0 Å². The number of anilines is 1. The van der Waals surface area contributed by atoms with Crippen molar-refractivity contribution in [3.05, 3.63) is 72.6 Å². The number of carbonyl (C=O) groups excluding carboxylic acids is 1. The molecule has 0 saturated heterocycles. The fraction of sp³-hybridized carbons (Fsp3) is 0.261. The summed E-state index contributed by atoms with van der Waals surface area (Å²) < 4.78 is 15.6. The zero-order valence-corrected chi connectivity index (χ0v) is 18.2. The van der Waals surface area contributed by atoms with E-state index in [1.54, 1.807) is 18.2 Å². The van der Waals surface area contributed by atoms with Gasteiger partial charge in [0.15, 0.2) is 11.0 Å². The second-order valence-electron chi connectivity index (χ2n) is 7.85. The van der Waals surface area contributed by atoms with Gasteiger partial charge < -0.3 is 5.32 Å². The summed E-state index contributed by atoms with van der Waals surface area (Å²) in [5.74, 6) is 0.0282. The molecule has 30 heavy (non-hydrogen) atoms. The van der Waals surface area contributed by atoms with Crippen LogP contribution in [0.1, 0.15) is 26.3 Å². The Balaban J connectivity index is 1.75. The number of hydrogen-bond acceptors (Lipinski definition) is 4. The first kappa shape index (κ1) is 21.8. The lowest BCUT2D eigenvalue weighted by molar-refractivity contribution is -0.113. The van der Waals surface area contributed by atoms with Gasteiger partial charge in [-0.05, 0) is 23.1 Å². The van der Waals surface area contributed by atoms with Crippen LogP contribution >= 0.6 is 11.8 Å². The molecule has 0 fully saturated rings. The maximum atomic E-state index is 13.7. The molecule has 1 N–H and O–H groups in total. The van der Waals surface area contributed by atoms with Crippen LogP contribution in [0.3, 0.4) is 0 Å². The highest BCUT2D eigenvalue weighted by molar-refractivity contribution is 7.99. The summed E-state index contributed by atoms with van der Waals surface area (Å²) in [4.78, 5) is 12.2. The van der Waals surface area contributed by atoms with Gasteiger partial charge in [-0.3, -0.25) is 9.36 Å². The number of para-hydroxylation sites is 1. The maximum absolute atomic E-state index is 13.7. The number of allylic oxidation sites excluding steroid dienone is 1. The molecule has 0 bridgehead atoms. The van der Waals surface area contributed by atoms with Crippen molar-refractivity contribution in [1.82, 2.24) is 14.8 Å². The minimum Gasteiger partial charge on any atom is -0.323 e. The molecule has 5 nitrogen and oxygen atoms in total. The molecule has 3 aromatic rings. The molecule has 7 heteroatoms. The number of nitrogens with one attached hydrogen (secondary N) is 1. The van der Waals surface area contributed by atoms with Crippen molar-refractivity contribution in [3.8, 4) is 11.4 Å². The number of benzene rings is 2. The monoisotopic (exact) mass is 424 g/mol. The number of amides is 1. The standard InChI is InChI=1S/C23H25FN4OS/c1-5-14-28-21(16-10-12-17(13-11-16)23(2,3)4)26-27-22(28)30-15-20(29)25-19-9-7-6-8-18(19)24/h5-13H,1,14-15H2,2-4H3,(H,25,29).